The first-order valence-corrected chi connectivity index (χ1v) is 5.77. The molecule has 0 bridgehead atoms. The fraction of sp³-hybridized carbons (Fsp3) is 0.214. The van der Waals surface area contributed by atoms with E-state index in [4.69, 9.17) is 14.9 Å². The first-order valence-electron chi connectivity index (χ1n) is 5.77. The van der Waals surface area contributed by atoms with Crippen LogP contribution in [0.2, 0.25) is 0 Å². The molecule has 6 heteroatoms. The summed E-state index contributed by atoms with van der Waals surface area (Å²) in [6, 6.07) is 3.71. The molecule has 6 nitrogen and oxygen atoms in total. The number of carbonyl (C=O) groups is 3. The van der Waals surface area contributed by atoms with E-state index in [-0.39, 0.29) is 17.5 Å². The summed E-state index contributed by atoms with van der Waals surface area (Å²) in [6.07, 6.45) is 0.507. The van der Waals surface area contributed by atoms with Gasteiger partial charge in [-0.05, 0) is 30.7 Å². The summed E-state index contributed by atoms with van der Waals surface area (Å²) in [6.45, 7) is 4.84. The SMILES string of the molecule is C=CC(=O)OC(C)Cc1cc(C(=O)O)ccc1C(=O)O. The van der Waals surface area contributed by atoms with Crippen molar-refractivity contribution in [3.8, 4) is 0 Å². The minimum atomic E-state index is -1.17. The second-order valence-electron chi connectivity index (χ2n) is 4.14. The lowest BCUT2D eigenvalue weighted by molar-refractivity contribution is -0.142. The number of hydrogen-bond donors (Lipinski definition) is 2. The molecule has 1 aromatic rings. The Morgan fingerprint density at radius 3 is 2.45 bits per heavy atom. The van der Waals surface area contributed by atoms with Crippen LogP contribution in [0.3, 0.4) is 0 Å². The maximum absolute atomic E-state index is 11.1. The number of aromatic carboxylic acids is 2. The maximum Gasteiger partial charge on any atom is 0.335 e. The van der Waals surface area contributed by atoms with Crippen LogP contribution in [-0.4, -0.2) is 34.2 Å². The van der Waals surface area contributed by atoms with Crippen molar-refractivity contribution < 1.29 is 29.3 Å². The van der Waals surface area contributed by atoms with Crippen LogP contribution in [0.25, 0.3) is 0 Å². The van der Waals surface area contributed by atoms with Crippen molar-refractivity contribution in [2.24, 2.45) is 0 Å². The zero-order valence-electron chi connectivity index (χ0n) is 10.8. The number of carboxylic acids is 2. The van der Waals surface area contributed by atoms with Gasteiger partial charge < -0.3 is 14.9 Å². The van der Waals surface area contributed by atoms with E-state index in [1.54, 1.807) is 6.92 Å². The number of benzene rings is 1. The minimum absolute atomic E-state index is 0.0171. The van der Waals surface area contributed by atoms with Gasteiger partial charge in [0, 0.05) is 12.5 Å². The standard InChI is InChI=1S/C14H14O6/c1-3-12(15)20-8(2)6-10-7-9(13(16)17)4-5-11(10)14(18)19/h3-5,7-8H,1,6H2,2H3,(H,16,17)(H,18,19). The van der Waals surface area contributed by atoms with Gasteiger partial charge in [0.1, 0.15) is 6.10 Å². The summed E-state index contributed by atoms with van der Waals surface area (Å²) in [4.78, 5) is 33.0. The highest BCUT2D eigenvalue weighted by atomic mass is 16.5. The molecule has 0 aliphatic carbocycles. The Morgan fingerprint density at radius 2 is 1.95 bits per heavy atom. The number of ether oxygens (including phenoxy) is 1. The lowest BCUT2D eigenvalue weighted by atomic mass is 9.99. The molecule has 0 radical (unpaired) electrons. The summed E-state index contributed by atoms with van der Waals surface area (Å²) in [5.74, 6) is -2.94. The Bertz CT molecular complexity index is 561. The van der Waals surface area contributed by atoms with E-state index in [9.17, 15) is 14.4 Å². The van der Waals surface area contributed by atoms with Crippen LogP contribution in [0.5, 0.6) is 0 Å². The number of carbonyl (C=O) groups excluding carboxylic acids is 1. The average Bonchev–Trinajstić information content (AvgIpc) is 2.37. The second kappa shape index (κ2) is 6.51. The summed E-state index contributed by atoms with van der Waals surface area (Å²) < 4.78 is 4.94. The van der Waals surface area contributed by atoms with E-state index in [0.717, 1.165) is 6.08 Å². The monoisotopic (exact) mass is 278 g/mol. The van der Waals surface area contributed by atoms with Crippen LogP contribution >= 0.6 is 0 Å². The molecule has 1 rings (SSSR count). The van der Waals surface area contributed by atoms with Gasteiger partial charge in [0.2, 0.25) is 0 Å². The van der Waals surface area contributed by atoms with Gasteiger partial charge in [-0.15, -0.1) is 0 Å². The van der Waals surface area contributed by atoms with Gasteiger partial charge in [-0.25, -0.2) is 14.4 Å². The van der Waals surface area contributed by atoms with Crippen LogP contribution in [0.1, 0.15) is 33.2 Å². The molecule has 0 aliphatic heterocycles. The van der Waals surface area contributed by atoms with Crippen molar-refractivity contribution in [3.63, 3.8) is 0 Å². The molecular formula is C14H14O6. The summed E-state index contributed by atoms with van der Waals surface area (Å²) in [5, 5.41) is 18.0. The third kappa shape index (κ3) is 3.94. The number of esters is 1. The highest BCUT2D eigenvalue weighted by Gasteiger charge is 2.17. The molecule has 0 saturated heterocycles. The minimum Gasteiger partial charge on any atom is -0.478 e. The maximum atomic E-state index is 11.1. The second-order valence-corrected chi connectivity index (χ2v) is 4.14. The summed E-state index contributed by atoms with van der Waals surface area (Å²) in [5.41, 5.74) is 0.255. The highest BCUT2D eigenvalue weighted by Crippen LogP contribution is 2.16. The molecule has 0 fully saturated rings. The Kier molecular flexibility index (Phi) is 5.02. The number of hydrogen-bond acceptors (Lipinski definition) is 4. The fourth-order valence-corrected chi connectivity index (χ4v) is 1.70. The molecule has 2 N–H and O–H groups in total. The zero-order valence-corrected chi connectivity index (χ0v) is 10.8. The van der Waals surface area contributed by atoms with Crippen molar-refractivity contribution in [2.45, 2.75) is 19.4 Å². The lowest BCUT2D eigenvalue weighted by Crippen LogP contribution is -2.18. The first kappa shape index (κ1) is 15.4. The Hall–Kier alpha value is -2.63. The van der Waals surface area contributed by atoms with Gasteiger partial charge in [0.05, 0.1) is 11.1 Å². The Morgan fingerprint density at radius 1 is 1.30 bits per heavy atom. The quantitative estimate of drug-likeness (QED) is 0.607. The fourth-order valence-electron chi connectivity index (χ4n) is 1.70. The third-order valence-electron chi connectivity index (χ3n) is 2.57. The van der Waals surface area contributed by atoms with E-state index >= 15 is 0 Å². The van der Waals surface area contributed by atoms with Gasteiger partial charge in [-0.1, -0.05) is 6.58 Å². The molecular weight excluding hydrogens is 264 g/mol. The molecule has 0 heterocycles. The summed E-state index contributed by atoms with van der Waals surface area (Å²) in [7, 11) is 0. The first-order chi connectivity index (χ1) is 9.35. The van der Waals surface area contributed by atoms with Gasteiger partial charge in [-0.3, -0.25) is 0 Å². The lowest BCUT2D eigenvalue weighted by Gasteiger charge is -2.14. The zero-order chi connectivity index (χ0) is 15.3. The third-order valence-corrected chi connectivity index (χ3v) is 2.57. The molecule has 20 heavy (non-hydrogen) atoms. The van der Waals surface area contributed by atoms with Crippen LogP contribution in [-0.2, 0) is 16.0 Å². The molecule has 0 saturated carbocycles. The average molecular weight is 278 g/mol. The molecule has 106 valence electrons. The van der Waals surface area contributed by atoms with Crippen LogP contribution < -0.4 is 0 Å². The van der Waals surface area contributed by atoms with Crippen molar-refractivity contribution in [2.75, 3.05) is 0 Å². The molecule has 1 aromatic carbocycles. The van der Waals surface area contributed by atoms with Crippen LogP contribution in [0.4, 0.5) is 0 Å². The van der Waals surface area contributed by atoms with Gasteiger partial charge in [0.25, 0.3) is 0 Å². The summed E-state index contributed by atoms with van der Waals surface area (Å²) >= 11 is 0. The Labute approximate surface area is 115 Å². The van der Waals surface area contributed by atoms with E-state index in [1.807, 2.05) is 0 Å². The van der Waals surface area contributed by atoms with Gasteiger partial charge in [0.15, 0.2) is 0 Å². The smallest absolute Gasteiger partial charge is 0.335 e. The molecule has 1 atom stereocenters. The topological polar surface area (TPSA) is 101 Å². The van der Waals surface area contributed by atoms with Crippen LogP contribution in [0, 0.1) is 0 Å². The largest absolute Gasteiger partial charge is 0.478 e. The normalized spacial score (nSPS) is 11.4. The van der Waals surface area contributed by atoms with E-state index < -0.39 is 24.0 Å². The molecule has 0 spiro atoms. The predicted molar refractivity (Wildman–Crippen MR) is 69.8 cm³/mol. The van der Waals surface area contributed by atoms with Crippen molar-refractivity contribution >= 4 is 17.9 Å². The van der Waals surface area contributed by atoms with E-state index in [1.165, 1.54) is 18.2 Å². The molecule has 0 amide bonds. The van der Waals surface area contributed by atoms with Crippen molar-refractivity contribution in [3.05, 3.63) is 47.5 Å². The van der Waals surface area contributed by atoms with E-state index in [2.05, 4.69) is 6.58 Å². The van der Waals surface area contributed by atoms with Crippen LogP contribution in [0.15, 0.2) is 30.9 Å². The van der Waals surface area contributed by atoms with Gasteiger partial charge in [-0.2, -0.15) is 0 Å². The van der Waals surface area contributed by atoms with Gasteiger partial charge >= 0.3 is 17.9 Å². The van der Waals surface area contributed by atoms with Crippen molar-refractivity contribution in [1.82, 2.24) is 0 Å². The van der Waals surface area contributed by atoms with Crippen molar-refractivity contribution in [1.29, 1.82) is 0 Å². The van der Waals surface area contributed by atoms with E-state index in [0.29, 0.717) is 5.56 Å². The molecule has 1 unspecified atom stereocenters. The number of rotatable bonds is 6. The molecule has 0 aliphatic rings. The highest BCUT2D eigenvalue weighted by molar-refractivity contribution is 5.93. The molecule has 0 aromatic heterocycles. The Balaban J connectivity index is 3.04. The predicted octanol–water partition coefficient (Wildman–Crippen LogP) is 1.74. The number of carboxylic acid groups (broad SMARTS) is 2.